The van der Waals surface area contributed by atoms with Crippen LogP contribution < -0.4 is 11.1 Å². The van der Waals surface area contributed by atoms with E-state index in [-0.39, 0.29) is 30.4 Å². The Balaban J connectivity index is 1.71. The summed E-state index contributed by atoms with van der Waals surface area (Å²) in [5, 5.41) is 3.07. The number of hydrogen-bond acceptors (Lipinski definition) is 5. The number of nitrogens with two attached hydrogens (primary N) is 1. The van der Waals surface area contributed by atoms with Crippen LogP contribution in [0.15, 0.2) is 53.5 Å². The highest BCUT2D eigenvalue weighted by molar-refractivity contribution is 8.13. The molecule has 0 bridgehead atoms. The summed E-state index contributed by atoms with van der Waals surface area (Å²) in [7, 11) is 0. The van der Waals surface area contributed by atoms with Gasteiger partial charge < -0.3 is 15.8 Å². The molecule has 0 radical (unpaired) electrons. The number of carbonyl (C=O) groups excluding carboxylic acids is 2. The first kappa shape index (κ1) is 20.5. The molecule has 3 N–H and O–H groups in total. The number of nitrogens with zero attached hydrogens (tertiary/aromatic N) is 1. The number of aliphatic imine (C=N–C) groups is 1. The van der Waals surface area contributed by atoms with Crippen molar-refractivity contribution in [2.75, 3.05) is 12.4 Å². The first-order chi connectivity index (χ1) is 14.4. The molecular formula is C21H19F2N3O3S. The summed E-state index contributed by atoms with van der Waals surface area (Å²) < 4.78 is 33.9. The van der Waals surface area contributed by atoms with Gasteiger partial charge in [0.05, 0.1) is 6.61 Å². The highest BCUT2D eigenvalue weighted by Crippen LogP contribution is 2.46. The van der Waals surface area contributed by atoms with Gasteiger partial charge in [-0.15, -0.1) is 0 Å². The third-order valence-corrected chi connectivity index (χ3v) is 6.41. The van der Waals surface area contributed by atoms with E-state index in [0.717, 1.165) is 12.1 Å². The number of fused-ring (bicyclic) bond motifs is 1. The number of nitrogens with one attached hydrogen (secondary N) is 1. The Morgan fingerprint density at radius 1 is 1.20 bits per heavy atom. The number of rotatable bonds is 3. The van der Waals surface area contributed by atoms with Crippen LogP contribution in [0.4, 0.5) is 8.78 Å². The number of halogens is 2. The monoisotopic (exact) mass is 431 g/mol. The van der Waals surface area contributed by atoms with Crippen molar-refractivity contribution in [3.63, 3.8) is 0 Å². The molecule has 3 unspecified atom stereocenters. The van der Waals surface area contributed by atoms with Gasteiger partial charge in [-0.1, -0.05) is 36.0 Å². The van der Waals surface area contributed by atoms with Crippen LogP contribution in [0.5, 0.6) is 0 Å². The summed E-state index contributed by atoms with van der Waals surface area (Å²) in [6, 6.07) is 11.9. The van der Waals surface area contributed by atoms with Gasteiger partial charge in [0.15, 0.2) is 5.17 Å². The quantitative estimate of drug-likeness (QED) is 0.781. The van der Waals surface area contributed by atoms with Crippen LogP contribution in [0.3, 0.4) is 0 Å². The number of benzene rings is 2. The van der Waals surface area contributed by atoms with Crippen molar-refractivity contribution in [1.29, 1.82) is 0 Å². The Morgan fingerprint density at radius 3 is 2.67 bits per heavy atom. The second-order valence-corrected chi connectivity index (χ2v) is 8.24. The molecule has 9 heteroatoms. The summed E-state index contributed by atoms with van der Waals surface area (Å²) in [6.45, 7) is -0.112. The Kier molecular flexibility index (Phi) is 5.57. The van der Waals surface area contributed by atoms with Crippen molar-refractivity contribution < 1.29 is 23.1 Å². The normalized spacial score (nSPS) is 25.7. The van der Waals surface area contributed by atoms with Crippen LogP contribution >= 0.6 is 11.8 Å². The fourth-order valence-electron chi connectivity index (χ4n) is 3.81. The summed E-state index contributed by atoms with van der Waals surface area (Å²) in [4.78, 5) is 28.8. The molecule has 0 spiro atoms. The van der Waals surface area contributed by atoms with Crippen molar-refractivity contribution in [1.82, 2.24) is 5.32 Å². The zero-order valence-corrected chi connectivity index (χ0v) is 16.6. The van der Waals surface area contributed by atoms with E-state index in [1.807, 2.05) is 0 Å². The van der Waals surface area contributed by atoms with Gasteiger partial charge in [-0.05, 0) is 24.6 Å². The lowest BCUT2D eigenvalue weighted by Crippen LogP contribution is -2.53. The molecule has 2 amide bonds. The molecule has 6 nitrogen and oxygen atoms in total. The predicted octanol–water partition coefficient (Wildman–Crippen LogP) is 2.58. The van der Waals surface area contributed by atoms with E-state index in [2.05, 4.69) is 10.3 Å². The SMILES string of the molecule is NC(=O)C1CC2CSC(NC(=O)c3ccccc3)=NC2(c2ccc(F)cc2F)CO1. The maximum atomic E-state index is 14.8. The highest BCUT2D eigenvalue weighted by Gasteiger charge is 2.50. The van der Waals surface area contributed by atoms with E-state index < -0.39 is 29.2 Å². The van der Waals surface area contributed by atoms with Gasteiger partial charge in [0.25, 0.3) is 5.91 Å². The van der Waals surface area contributed by atoms with E-state index in [1.54, 1.807) is 30.3 Å². The number of carbonyl (C=O) groups is 2. The Bertz CT molecular complexity index is 1020. The molecule has 156 valence electrons. The van der Waals surface area contributed by atoms with Crippen molar-refractivity contribution in [2.24, 2.45) is 16.6 Å². The van der Waals surface area contributed by atoms with Crippen LogP contribution in [0.25, 0.3) is 0 Å². The first-order valence-corrected chi connectivity index (χ1v) is 10.3. The number of primary amides is 1. The second-order valence-electron chi connectivity index (χ2n) is 7.23. The maximum absolute atomic E-state index is 14.8. The molecule has 2 aromatic carbocycles. The summed E-state index contributed by atoms with van der Waals surface area (Å²) in [5.74, 6) is -2.24. The molecule has 1 fully saturated rings. The zero-order chi connectivity index (χ0) is 21.3. The van der Waals surface area contributed by atoms with Gasteiger partial charge in [0, 0.05) is 28.9 Å². The standard InChI is InChI=1S/C21H19F2N3O3S/c22-14-6-7-15(16(23)9-14)21-11-29-17(18(24)27)8-13(21)10-30-20(26-21)25-19(28)12-4-2-1-3-5-12/h1-7,9,13,17H,8,10-11H2,(H2,24,27)(H,25,26,28). The Labute approximate surface area is 175 Å². The third kappa shape index (κ3) is 3.82. The average Bonchev–Trinajstić information content (AvgIpc) is 2.73. The summed E-state index contributed by atoms with van der Waals surface area (Å²) in [5.41, 5.74) is 4.80. The topological polar surface area (TPSA) is 93.8 Å². The van der Waals surface area contributed by atoms with Gasteiger partial charge in [-0.25, -0.2) is 13.8 Å². The Hall–Kier alpha value is -2.78. The van der Waals surface area contributed by atoms with Crippen molar-refractivity contribution in [2.45, 2.75) is 18.1 Å². The number of thioether (sulfide) groups is 1. The first-order valence-electron chi connectivity index (χ1n) is 9.34. The second kappa shape index (κ2) is 8.16. The number of hydrogen-bond donors (Lipinski definition) is 2. The molecule has 2 aromatic rings. The molecule has 2 aliphatic heterocycles. The van der Waals surface area contributed by atoms with Crippen LogP contribution in [0.2, 0.25) is 0 Å². The van der Waals surface area contributed by atoms with E-state index in [0.29, 0.717) is 16.5 Å². The lowest BCUT2D eigenvalue weighted by molar-refractivity contribution is -0.138. The molecular weight excluding hydrogens is 412 g/mol. The van der Waals surface area contributed by atoms with Gasteiger partial charge in [0.2, 0.25) is 5.91 Å². The molecule has 1 saturated heterocycles. The van der Waals surface area contributed by atoms with E-state index >= 15 is 0 Å². The van der Waals surface area contributed by atoms with Gasteiger partial charge in [0.1, 0.15) is 23.3 Å². The molecule has 2 heterocycles. The molecule has 2 aliphatic rings. The lowest BCUT2D eigenvalue weighted by Gasteiger charge is -2.46. The minimum absolute atomic E-state index is 0.112. The zero-order valence-electron chi connectivity index (χ0n) is 15.8. The number of ether oxygens (including phenoxy) is 1. The third-order valence-electron chi connectivity index (χ3n) is 5.37. The Morgan fingerprint density at radius 2 is 1.97 bits per heavy atom. The van der Waals surface area contributed by atoms with Crippen molar-refractivity contribution in [3.05, 3.63) is 71.3 Å². The van der Waals surface area contributed by atoms with Gasteiger partial charge in [-0.3, -0.25) is 9.59 Å². The number of amidine groups is 1. The van der Waals surface area contributed by atoms with Crippen molar-refractivity contribution in [3.8, 4) is 0 Å². The fourth-order valence-corrected chi connectivity index (χ4v) is 4.97. The smallest absolute Gasteiger partial charge is 0.257 e. The molecule has 0 aromatic heterocycles. The van der Waals surface area contributed by atoms with Crippen LogP contribution in [-0.4, -0.2) is 35.4 Å². The van der Waals surface area contributed by atoms with E-state index in [4.69, 9.17) is 10.5 Å². The minimum atomic E-state index is -1.20. The molecule has 3 atom stereocenters. The highest BCUT2D eigenvalue weighted by atomic mass is 32.2. The molecule has 0 saturated carbocycles. The number of amides is 2. The van der Waals surface area contributed by atoms with Crippen molar-refractivity contribution >= 4 is 28.7 Å². The van der Waals surface area contributed by atoms with E-state index in [9.17, 15) is 18.4 Å². The van der Waals surface area contributed by atoms with E-state index in [1.165, 1.54) is 17.8 Å². The van der Waals surface area contributed by atoms with Gasteiger partial charge >= 0.3 is 0 Å². The predicted molar refractivity (Wildman–Crippen MR) is 109 cm³/mol. The van der Waals surface area contributed by atoms with Crippen LogP contribution in [0, 0.1) is 17.6 Å². The van der Waals surface area contributed by atoms with Gasteiger partial charge in [-0.2, -0.15) is 0 Å². The molecule has 0 aliphatic carbocycles. The fraction of sp³-hybridized carbons (Fsp3) is 0.286. The minimum Gasteiger partial charge on any atom is -0.367 e. The van der Waals surface area contributed by atoms with Crippen LogP contribution in [0.1, 0.15) is 22.3 Å². The van der Waals surface area contributed by atoms with Crippen LogP contribution in [-0.2, 0) is 15.1 Å². The molecule has 30 heavy (non-hydrogen) atoms. The summed E-state index contributed by atoms with van der Waals surface area (Å²) in [6.07, 6.45) is -0.550. The molecule has 4 rings (SSSR count). The maximum Gasteiger partial charge on any atom is 0.257 e. The summed E-state index contributed by atoms with van der Waals surface area (Å²) >= 11 is 1.30. The average molecular weight is 431 g/mol. The lowest BCUT2D eigenvalue weighted by atomic mass is 9.75. The largest absolute Gasteiger partial charge is 0.367 e.